The van der Waals surface area contributed by atoms with Crippen LogP contribution < -0.4 is 0 Å². The van der Waals surface area contributed by atoms with E-state index in [2.05, 4.69) is 0 Å². The fraction of sp³-hybridized carbons (Fsp3) is 1.00. The maximum absolute atomic E-state index is 8.90. The van der Waals surface area contributed by atoms with Crippen LogP contribution in [0.1, 0.15) is 39.0 Å². The average Bonchev–Trinajstić information content (AvgIpc) is 1.85. The van der Waals surface area contributed by atoms with Crippen molar-refractivity contribution in [1.82, 2.24) is 0 Å². The largest absolute Gasteiger partial charge is 0.344 e. The number of rotatable bonds is 2. The lowest BCUT2D eigenvalue weighted by atomic mass is 9.98. The van der Waals surface area contributed by atoms with Crippen molar-refractivity contribution in [1.29, 1.82) is 0 Å². The van der Waals surface area contributed by atoms with Crippen molar-refractivity contribution in [2.45, 2.75) is 51.1 Å². The Morgan fingerprint density at radius 2 is 1.73 bits per heavy atom. The van der Waals surface area contributed by atoms with Crippen LogP contribution in [0.25, 0.3) is 0 Å². The van der Waals surface area contributed by atoms with Gasteiger partial charge in [0.2, 0.25) is 0 Å². The van der Waals surface area contributed by atoms with E-state index < -0.39 is 5.97 Å². The third-order valence-corrected chi connectivity index (χ3v) is 1.94. The molecule has 0 aromatic rings. The molecule has 3 nitrogen and oxygen atoms in total. The SMILES string of the molecule is CC(O)(O)OC1CCCCC1. The van der Waals surface area contributed by atoms with Gasteiger partial charge in [-0.05, 0) is 12.8 Å². The lowest BCUT2D eigenvalue weighted by molar-refractivity contribution is -0.344. The molecule has 66 valence electrons. The molecule has 2 N–H and O–H groups in total. The van der Waals surface area contributed by atoms with E-state index in [1.54, 1.807) is 0 Å². The Balaban J connectivity index is 2.24. The van der Waals surface area contributed by atoms with Crippen LogP contribution >= 0.6 is 0 Å². The van der Waals surface area contributed by atoms with Gasteiger partial charge < -0.3 is 14.9 Å². The minimum Gasteiger partial charge on any atom is -0.344 e. The van der Waals surface area contributed by atoms with Gasteiger partial charge in [-0.25, -0.2) is 0 Å². The van der Waals surface area contributed by atoms with Gasteiger partial charge in [-0.2, -0.15) is 0 Å². The fourth-order valence-corrected chi connectivity index (χ4v) is 1.50. The molecule has 0 atom stereocenters. The third-order valence-electron chi connectivity index (χ3n) is 1.94. The number of ether oxygens (including phenoxy) is 1. The summed E-state index contributed by atoms with van der Waals surface area (Å²) in [7, 11) is 0. The Morgan fingerprint density at radius 3 is 2.18 bits per heavy atom. The molecule has 0 aliphatic heterocycles. The molecule has 1 aliphatic carbocycles. The Labute approximate surface area is 67.0 Å². The Hall–Kier alpha value is -0.120. The van der Waals surface area contributed by atoms with Crippen molar-refractivity contribution in [3.05, 3.63) is 0 Å². The van der Waals surface area contributed by atoms with Crippen molar-refractivity contribution in [3.63, 3.8) is 0 Å². The molecule has 11 heavy (non-hydrogen) atoms. The quantitative estimate of drug-likeness (QED) is 0.592. The first kappa shape index (κ1) is 8.97. The number of aliphatic hydroxyl groups is 2. The van der Waals surface area contributed by atoms with E-state index in [1.807, 2.05) is 0 Å². The molecule has 0 unspecified atom stereocenters. The van der Waals surface area contributed by atoms with Crippen LogP contribution in [0.4, 0.5) is 0 Å². The van der Waals surface area contributed by atoms with Gasteiger partial charge in [0.25, 0.3) is 5.97 Å². The highest BCUT2D eigenvalue weighted by molar-refractivity contribution is 4.65. The molecule has 0 spiro atoms. The summed E-state index contributed by atoms with van der Waals surface area (Å²) in [6.07, 6.45) is 5.48. The van der Waals surface area contributed by atoms with Crippen molar-refractivity contribution >= 4 is 0 Å². The van der Waals surface area contributed by atoms with Gasteiger partial charge in [-0.3, -0.25) is 0 Å². The van der Waals surface area contributed by atoms with E-state index in [0.717, 1.165) is 25.7 Å². The van der Waals surface area contributed by atoms with E-state index in [-0.39, 0.29) is 6.10 Å². The maximum Gasteiger partial charge on any atom is 0.275 e. The average molecular weight is 160 g/mol. The molecular formula is C8H16O3. The topological polar surface area (TPSA) is 49.7 Å². The van der Waals surface area contributed by atoms with Crippen LogP contribution in [0.2, 0.25) is 0 Å². The van der Waals surface area contributed by atoms with Gasteiger partial charge in [-0.1, -0.05) is 19.3 Å². The summed E-state index contributed by atoms with van der Waals surface area (Å²) < 4.78 is 4.99. The van der Waals surface area contributed by atoms with Gasteiger partial charge in [-0.15, -0.1) is 0 Å². The van der Waals surface area contributed by atoms with Crippen LogP contribution in [0.5, 0.6) is 0 Å². The van der Waals surface area contributed by atoms with Gasteiger partial charge in [0.1, 0.15) is 0 Å². The Morgan fingerprint density at radius 1 is 1.18 bits per heavy atom. The molecule has 1 aliphatic rings. The molecule has 0 amide bonds. The van der Waals surface area contributed by atoms with Crippen LogP contribution in [0, 0.1) is 0 Å². The van der Waals surface area contributed by atoms with Gasteiger partial charge in [0.15, 0.2) is 0 Å². The first-order valence-electron chi connectivity index (χ1n) is 4.20. The summed E-state index contributed by atoms with van der Waals surface area (Å²) in [4.78, 5) is 0. The second-order valence-electron chi connectivity index (χ2n) is 3.31. The highest BCUT2D eigenvalue weighted by atomic mass is 16.8. The van der Waals surface area contributed by atoms with E-state index in [1.165, 1.54) is 13.3 Å². The molecule has 0 aromatic heterocycles. The standard InChI is InChI=1S/C8H16O3/c1-8(9,10)11-7-5-3-2-4-6-7/h7,9-10H,2-6H2,1H3. The first-order valence-corrected chi connectivity index (χ1v) is 4.20. The van der Waals surface area contributed by atoms with Gasteiger partial charge in [0, 0.05) is 6.92 Å². The molecule has 1 saturated carbocycles. The number of hydrogen-bond donors (Lipinski definition) is 2. The zero-order valence-electron chi connectivity index (χ0n) is 6.92. The normalized spacial score (nSPS) is 22.1. The summed E-state index contributed by atoms with van der Waals surface area (Å²) in [5.41, 5.74) is 0. The second kappa shape index (κ2) is 3.52. The summed E-state index contributed by atoms with van der Waals surface area (Å²) in [6, 6.07) is 0. The zero-order chi connectivity index (χ0) is 8.32. The molecule has 0 bridgehead atoms. The van der Waals surface area contributed by atoms with Gasteiger partial charge in [0.05, 0.1) is 6.10 Å². The molecule has 1 fully saturated rings. The van der Waals surface area contributed by atoms with Crippen molar-refractivity contribution < 1.29 is 14.9 Å². The molecule has 3 heteroatoms. The lowest BCUT2D eigenvalue weighted by Crippen LogP contribution is -2.33. The van der Waals surface area contributed by atoms with Crippen LogP contribution in [-0.2, 0) is 4.74 Å². The summed E-state index contributed by atoms with van der Waals surface area (Å²) in [5, 5.41) is 17.8. The predicted molar refractivity (Wildman–Crippen MR) is 40.8 cm³/mol. The molecule has 0 aromatic carbocycles. The summed E-state index contributed by atoms with van der Waals surface area (Å²) >= 11 is 0. The van der Waals surface area contributed by atoms with Crippen molar-refractivity contribution in [3.8, 4) is 0 Å². The lowest BCUT2D eigenvalue weighted by Gasteiger charge is -2.27. The first-order chi connectivity index (χ1) is 5.08. The fourth-order valence-electron chi connectivity index (χ4n) is 1.50. The van der Waals surface area contributed by atoms with Crippen molar-refractivity contribution in [2.24, 2.45) is 0 Å². The molecule has 1 rings (SSSR count). The van der Waals surface area contributed by atoms with E-state index >= 15 is 0 Å². The Kier molecular flexibility index (Phi) is 2.87. The van der Waals surface area contributed by atoms with Gasteiger partial charge >= 0.3 is 0 Å². The monoisotopic (exact) mass is 160 g/mol. The smallest absolute Gasteiger partial charge is 0.275 e. The molecule has 0 radical (unpaired) electrons. The van der Waals surface area contributed by atoms with Crippen LogP contribution in [0.3, 0.4) is 0 Å². The minimum atomic E-state index is -1.94. The van der Waals surface area contributed by atoms with E-state index in [9.17, 15) is 0 Å². The maximum atomic E-state index is 8.90. The highest BCUT2D eigenvalue weighted by Crippen LogP contribution is 2.22. The highest BCUT2D eigenvalue weighted by Gasteiger charge is 2.23. The predicted octanol–water partition coefficient (Wildman–Crippen LogP) is 0.994. The zero-order valence-corrected chi connectivity index (χ0v) is 6.92. The van der Waals surface area contributed by atoms with Crippen LogP contribution in [-0.4, -0.2) is 22.3 Å². The summed E-state index contributed by atoms with van der Waals surface area (Å²) in [5.74, 6) is -1.94. The third kappa shape index (κ3) is 3.70. The number of hydrogen-bond acceptors (Lipinski definition) is 3. The Bertz CT molecular complexity index is 111. The van der Waals surface area contributed by atoms with E-state index in [4.69, 9.17) is 14.9 Å². The molecule has 0 saturated heterocycles. The molecular weight excluding hydrogens is 144 g/mol. The minimum absolute atomic E-state index is 0.0451. The van der Waals surface area contributed by atoms with Crippen molar-refractivity contribution in [2.75, 3.05) is 0 Å². The summed E-state index contributed by atoms with van der Waals surface area (Å²) in [6.45, 7) is 1.25. The van der Waals surface area contributed by atoms with Crippen LogP contribution in [0.15, 0.2) is 0 Å². The second-order valence-corrected chi connectivity index (χ2v) is 3.31. The molecule has 0 heterocycles. The van der Waals surface area contributed by atoms with E-state index in [0.29, 0.717) is 0 Å².